The lowest BCUT2D eigenvalue weighted by atomic mass is 10.1. The summed E-state index contributed by atoms with van der Waals surface area (Å²) in [5.41, 5.74) is 3.46. The van der Waals surface area contributed by atoms with Crippen LogP contribution in [0.3, 0.4) is 0 Å². The molecule has 1 aromatic heterocycles. The molecule has 2 heterocycles. The summed E-state index contributed by atoms with van der Waals surface area (Å²) in [6.07, 6.45) is 9.60. The summed E-state index contributed by atoms with van der Waals surface area (Å²) in [7, 11) is 1.97. The number of benzene rings is 1. The molecule has 1 aliphatic heterocycles. The van der Waals surface area contributed by atoms with Crippen molar-refractivity contribution in [2.75, 3.05) is 13.1 Å². The van der Waals surface area contributed by atoms with Crippen LogP contribution < -0.4 is 0 Å². The summed E-state index contributed by atoms with van der Waals surface area (Å²) < 4.78 is 1.97. The Morgan fingerprint density at radius 3 is 2.71 bits per heavy atom. The highest BCUT2D eigenvalue weighted by atomic mass is 16.2. The first-order valence-corrected chi connectivity index (χ1v) is 7.06. The fourth-order valence-electron chi connectivity index (χ4n) is 2.48. The van der Waals surface area contributed by atoms with Crippen LogP contribution in [0.15, 0.2) is 60.9 Å². The first-order chi connectivity index (χ1) is 10.2. The highest BCUT2D eigenvalue weighted by Gasteiger charge is 2.18. The maximum absolute atomic E-state index is 12.2. The van der Waals surface area contributed by atoms with Crippen molar-refractivity contribution in [3.8, 4) is 0 Å². The van der Waals surface area contributed by atoms with E-state index in [0.29, 0.717) is 13.1 Å². The lowest BCUT2D eigenvalue weighted by Crippen LogP contribution is -2.26. The molecule has 106 valence electrons. The van der Waals surface area contributed by atoms with E-state index in [9.17, 15) is 4.79 Å². The second-order valence-electron chi connectivity index (χ2n) is 5.26. The maximum Gasteiger partial charge on any atom is 0.247 e. The summed E-state index contributed by atoms with van der Waals surface area (Å²) >= 11 is 0. The molecule has 0 saturated carbocycles. The summed E-state index contributed by atoms with van der Waals surface area (Å²) in [5, 5.41) is 0. The number of amides is 1. The predicted molar refractivity (Wildman–Crippen MR) is 85.4 cm³/mol. The average molecular weight is 278 g/mol. The van der Waals surface area contributed by atoms with Crippen molar-refractivity contribution in [1.29, 1.82) is 0 Å². The second-order valence-corrected chi connectivity index (χ2v) is 5.26. The second kappa shape index (κ2) is 5.83. The van der Waals surface area contributed by atoms with E-state index in [4.69, 9.17) is 0 Å². The topological polar surface area (TPSA) is 25.2 Å². The quantitative estimate of drug-likeness (QED) is 0.792. The van der Waals surface area contributed by atoms with Gasteiger partial charge in [-0.2, -0.15) is 0 Å². The van der Waals surface area contributed by atoms with E-state index < -0.39 is 0 Å². The van der Waals surface area contributed by atoms with Crippen LogP contribution in [-0.4, -0.2) is 28.5 Å². The standard InChI is InChI=1S/C18H18N2O/c1-19-11-9-15(13-19)7-8-18(21)20-12-10-17(14-20)16-5-3-2-4-6-16/h2-11,13H,12,14H2,1H3/b8-7+. The largest absolute Gasteiger partial charge is 0.357 e. The van der Waals surface area contributed by atoms with Gasteiger partial charge in [-0.1, -0.05) is 36.4 Å². The van der Waals surface area contributed by atoms with Crippen LogP contribution in [0, 0.1) is 0 Å². The highest BCUT2D eigenvalue weighted by molar-refractivity contribution is 5.93. The smallest absolute Gasteiger partial charge is 0.247 e. The van der Waals surface area contributed by atoms with E-state index >= 15 is 0 Å². The van der Waals surface area contributed by atoms with Crippen LogP contribution in [0.1, 0.15) is 11.1 Å². The fraction of sp³-hybridized carbons (Fsp3) is 0.167. The number of carbonyl (C=O) groups is 1. The molecule has 0 saturated heterocycles. The SMILES string of the molecule is Cn1ccc(/C=C/C(=O)N2CC=C(c3ccccc3)C2)c1. The van der Waals surface area contributed by atoms with Crippen molar-refractivity contribution in [1.82, 2.24) is 9.47 Å². The Morgan fingerprint density at radius 1 is 1.19 bits per heavy atom. The first-order valence-electron chi connectivity index (χ1n) is 7.06. The van der Waals surface area contributed by atoms with E-state index in [1.807, 2.05) is 59.2 Å². The van der Waals surface area contributed by atoms with Crippen molar-refractivity contribution >= 4 is 17.6 Å². The molecule has 0 bridgehead atoms. The molecule has 1 aromatic carbocycles. The maximum atomic E-state index is 12.2. The predicted octanol–water partition coefficient (Wildman–Crippen LogP) is 2.96. The minimum atomic E-state index is 0.0565. The van der Waals surface area contributed by atoms with Gasteiger partial charge < -0.3 is 9.47 Å². The zero-order chi connectivity index (χ0) is 14.7. The minimum absolute atomic E-state index is 0.0565. The van der Waals surface area contributed by atoms with Gasteiger partial charge in [-0.3, -0.25) is 4.79 Å². The van der Waals surface area contributed by atoms with Crippen LogP contribution in [0.25, 0.3) is 11.6 Å². The minimum Gasteiger partial charge on any atom is -0.357 e. The number of nitrogens with zero attached hydrogens (tertiary/aromatic N) is 2. The van der Waals surface area contributed by atoms with Gasteiger partial charge in [0, 0.05) is 38.6 Å². The van der Waals surface area contributed by atoms with Gasteiger partial charge in [-0.25, -0.2) is 0 Å². The Labute approximate surface area is 124 Å². The monoisotopic (exact) mass is 278 g/mol. The highest BCUT2D eigenvalue weighted by Crippen LogP contribution is 2.20. The van der Waals surface area contributed by atoms with E-state index in [-0.39, 0.29) is 5.91 Å². The lowest BCUT2D eigenvalue weighted by molar-refractivity contribution is -0.124. The van der Waals surface area contributed by atoms with E-state index in [1.54, 1.807) is 6.08 Å². The molecule has 1 aliphatic rings. The molecule has 3 rings (SSSR count). The third kappa shape index (κ3) is 3.14. The Balaban J connectivity index is 1.62. The van der Waals surface area contributed by atoms with Crippen LogP contribution >= 0.6 is 0 Å². The van der Waals surface area contributed by atoms with E-state index in [0.717, 1.165) is 5.56 Å². The molecule has 3 heteroatoms. The summed E-state index contributed by atoms with van der Waals surface area (Å²) in [6, 6.07) is 12.2. The Hall–Kier alpha value is -2.55. The molecule has 21 heavy (non-hydrogen) atoms. The molecule has 0 N–H and O–H groups in total. The molecule has 0 fully saturated rings. The van der Waals surface area contributed by atoms with Crippen molar-refractivity contribution in [2.45, 2.75) is 0 Å². The van der Waals surface area contributed by atoms with E-state index in [1.165, 1.54) is 11.1 Å². The van der Waals surface area contributed by atoms with Crippen molar-refractivity contribution < 1.29 is 4.79 Å². The molecule has 0 spiro atoms. The third-order valence-corrected chi connectivity index (χ3v) is 3.65. The third-order valence-electron chi connectivity index (χ3n) is 3.65. The molecular weight excluding hydrogens is 260 g/mol. The zero-order valence-corrected chi connectivity index (χ0v) is 12.1. The van der Waals surface area contributed by atoms with Crippen molar-refractivity contribution in [2.24, 2.45) is 7.05 Å². The average Bonchev–Trinajstić information content (AvgIpc) is 3.15. The number of hydrogen-bond donors (Lipinski definition) is 0. The molecule has 3 nitrogen and oxygen atoms in total. The number of carbonyl (C=O) groups excluding carboxylic acids is 1. The number of rotatable bonds is 3. The number of aryl methyl sites for hydroxylation is 1. The van der Waals surface area contributed by atoms with Crippen LogP contribution in [0.5, 0.6) is 0 Å². The van der Waals surface area contributed by atoms with Gasteiger partial charge in [0.2, 0.25) is 5.91 Å². The summed E-state index contributed by atoms with van der Waals surface area (Å²) in [5.74, 6) is 0.0565. The number of hydrogen-bond acceptors (Lipinski definition) is 1. The van der Waals surface area contributed by atoms with Gasteiger partial charge in [0.15, 0.2) is 0 Å². The van der Waals surface area contributed by atoms with Crippen molar-refractivity contribution in [3.63, 3.8) is 0 Å². The van der Waals surface area contributed by atoms with Gasteiger partial charge in [-0.05, 0) is 28.8 Å². The van der Waals surface area contributed by atoms with Gasteiger partial charge >= 0.3 is 0 Å². The van der Waals surface area contributed by atoms with Crippen LogP contribution in [0.4, 0.5) is 0 Å². The molecule has 2 aromatic rings. The van der Waals surface area contributed by atoms with Gasteiger partial charge in [0.25, 0.3) is 0 Å². The molecule has 0 atom stereocenters. The van der Waals surface area contributed by atoms with Gasteiger partial charge in [0.1, 0.15) is 0 Å². The van der Waals surface area contributed by atoms with Crippen molar-refractivity contribution in [3.05, 3.63) is 72.1 Å². The summed E-state index contributed by atoms with van der Waals surface area (Å²) in [4.78, 5) is 14.1. The molecular formula is C18H18N2O. The molecule has 1 amide bonds. The zero-order valence-electron chi connectivity index (χ0n) is 12.1. The lowest BCUT2D eigenvalue weighted by Gasteiger charge is -2.14. The Bertz CT molecular complexity index is 695. The normalized spacial score (nSPS) is 14.7. The van der Waals surface area contributed by atoms with Crippen LogP contribution in [-0.2, 0) is 11.8 Å². The molecule has 0 unspecified atom stereocenters. The fourth-order valence-corrected chi connectivity index (χ4v) is 2.48. The van der Waals surface area contributed by atoms with E-state index in [2.05, 4.69) is 18.2 Å². The first kappa shape index (κ1) is 13.4. The van der Waals surface area contributed by atoms with Gasteiger partial charge in [0.05, 0.1) is 0 Å². The molecule has 0 aliphatic carbocycles. The Morgan fingerprint density at radius 2 is 2.00 bits per heavy atom. The van der Waals surface area contributed by atoms with Crippen LogP contribution in [0.2, 0.25) is 0 Å². The summed E-state index contributed by atoms with van der Waals surface area (Å²) in [6.45, 7) is 1.37. The molecule has 0 radical (unpaired) electrons. The Kier molecular flexibility index (Phi) is 3.73. The number of aromatic nitrogens is 1. The van der Waals surface area contributed by atoms with Gasteiger partial charge in [-0.15, -0.1) is 0 Å².